The van der Waals surface area contributed by atoms with Crippen LogP contribution >= 0.6 is 0 Å². The first-order valence-corrected chi connectivity index (χ1v) is 11.1. The molecule has 4 nitrogen and oxygen atoms in total. The zero-order valence-electron chi connectivity index (χ0n) is 17.2. The molecule has 0 saturated carbocycles. The Hall–Kier alpha value is -2.33. The average Bonchev–Trinajstić information content (AvgIpc) is 3.12. The number of nitrogens with zero attached hydrogens (tertiary/aromatic N) is 3. The minimum Gasteiger partial charge on any atom is -0.368 e. The van der Waals surface area contributed by atoms with Gasteiger partial charge in [0.25, 0.3) is 0 Å². The Kier molecular flexibility index (Phi) is 5.04. The van der Waals surface area contributed by atoms with Crippen molar-refractivity contribution in [3.8, 4) is 0 Å². The quantitative estimate of drug-likeness (QED) is 0.806. The summed E-state index contributed by atoms with van der Waals surface area (Å²) in [7, 11) is 0. The summed E-state index contributed by atoms with van der Waals surface area (Å²) in [5, 5.41) is 0. The van der Waals surface area contributed by atoms with Crippen molar-refractivity contribution >= 4 is 11.6 Å². The summed E-state index contributed by atoms with van der Waals surface area (Å²) in [6.07, 6.45) is 4.90. The number of hydrogen-bond donors (Lipinski definition) is 0. The van der Waals surface area contributed by atoms with Crippen molar-refractivity contribution < 1.29 is 4.79 Å². The van der Waals surface area contributed by atoms with Gasteiger partial charge in [0.1, 0.15) is 0 Å². The van der Waals surface area contributed by atoms with Crippen molar-refractivity contribution in [3.63, 3.8) is 0 Å². The summed E-state index contributed by atoms with van der Waals surface area (Å²) in [5.41, 5.74) is 4.62. The van der Waals surface area contributed by atoms with Gasteiger partial charge in [-0.25, -0.2) is 0 Å². The first kappa shape index (κ1) is 18.7. The number of likely N-dealkylation sites (tertiary alicyclic amines) is 1. The molecule has 2 aromatic rings. The SMILES string of the molecule is O=C(CN1CCCC2(CCc3ccccc32)C1)N1CCN(c2ccccc2)CC1. The van der Waals surface area contributed by atoms with Gasteiger partial charge in [-0.15, -0.1) is 0 Å². The van der Waals surface area contributed by atoms with Gasteiger partial charge in [0.05, 0.1) is 6.54 Å². The Balaban J connectivity index is 1.19. The van der Waals surface area contributed by atoms with Crippen LogP contribution in [-0.2, 0) is 16.6 Å². The number of rotatable bonds is 3. The number of piperidine rings is 1. The van der Waals surface area contributed by atoms with Crippen LogP contribution in [0.15, 0.2) is 54.6 Å². The highest BCUT2D eigenvalue weighted by molar-refractivity contribution is 5.78. The van der Waals surface area contributed by atoms with Crippen LogP contribution < -0.4 is 4.90 Å². The Morgan fingerprint density at radius 1 is 0.862 bits per heavy atom. The van der Waals surface area contributed by atoms with Gasteiger partial charge < -0.3 is 9.80 Å². The molecule has 1 unspecified atom stereocenters. The number of piperazine rings is 1. The predicted octanol–water partition coefficient (Wildman–Crippen LogP) is 3.32. The molecule has 1 spiro atoms. The third kappa shape index (κ3) is 3.66. The van der Waals surface area contributed by atoms with Gasteiger partial charge in [0.2, 0.25) is 5.91 Å². The van der Waals surface area contributed by atoms with E-state index >= 15 is 0 Å². The number of fused-ring (bicyclic) bond motifs is 2. The molecule has 2 heterocycles. The molecule has 2 aromatic carbocycles. The number of carbonyl (C=O) groups excluding carboxylic acids is 1. The van der Waals surface area contributed by atoms with Crippen LogP contribution in [0.3, 0.4) is 0 Å². The van der Waals surface area contributed by atoms with Crippen LogP contribution in [0.4, 0.5) is 5.69 Å². The molecular formula is C25H31N3O. The summed E-state index contributed by atoms with van der Waals surface area (Å²) in [5.74, 6) is 0.307. The first-order valence-electron chi connectivity index (χ1n) is 11.1. The van der Waals surface area contributed by atoms with Crippen molar-refractivity contribution in [2.75, 3.05) is 50.7 Å². The van der Waals surface area contributed by atoms with Gasteiger partial charge >= 0.3 is 0 Å². The molecule has 5 rings (SSSR count). The molecule has 1 atom stereocenters. The number of carbonyl (C=O) groups is 1. The molecular weight excluding hydrogens is 358 g/mol. The average molecular weight is 390 g/mol. The van der Waals surface area contributed by atoms with Crippen molar-refractivity contribution in [2.45, 2.75) is 31.1 Å². The number of hydrogen-bond acceptors (Lipinski definition) is 3. The van der Waals surface area contributed by atoms with E-state index in [1.54, 1.807) is 5.56 Å². The maximum Gasteiger partial charge on any atom is 0.236 e. The van der Waals surface area contributed by atoms with E-state index in [0.717, 1.165) is 39.3 Å². The molecule has 3 aliphatic rings. The van der Waals surface area contributed by atoms with E-state index in [4.69, 9.17) is 0 Å². The predicted molar refractivity (Wildman–Crippen MR) is 117 cm³/mol. The van der Waals surface area contributed by atoms with Gasteiger partial charge in [-0.05, 0) is 55.5 Å². The highest BCUT2D eigenvalue weighted by Gasteiger charge is 2.42. The van der Waals surface area contributed by atoms with Crippen LogP contribution in [0.25, 0.3) is 0 Å². The van der Waals surface area contributed by atoms with E-state index in [9.17, 15) is 4.79 Å². The number of aryl methyl sites for hydroxylation is 1. The largest absolute Gasteiger partial charge is 0.368 e. The number of amides is 1. The van der Waals surface area contributed by atoms with Crippen LogP contribution in [0.2, 0.25) is 0 Å². The first-order chi connectivity index (χ1) is 14.2. The lowest BCUT2D eigenvalue weighted by molar-refractivity contribution is -0.133. The van der Waals surface area contributed by atoms with Crippen molar-refractivity contribution in [3.05, 3.63) is 65.7 Å². The fraction of sp³-hybridized carbons (Fsp3) is 0.480. The Morgan fingerprint density at radius 3 is 2.45 bits per heavy atom. The molecule has 0 N–H and O–H groups in total. The Bertz CT molecular complexity index is 855. The van der Waals surface area contributed by atoms with E-state index in [0.29, 0.717) is 12.5 Å². The van der Waals surface area contributed by atoms with Crippen molar-refractivity contribution in [1.29, 1.82) is 0 Å². The lowest BCUT2D eigenvalue weighted by atomic mass is 9.75. The molecule has 2 fully saturated rings. The van der Waals surface area contributed by atoms with Crippen molar-refractivity contribution in [2.24, 2.45) is 0 Å². The molecule has 152 valence electrons. The van der Waals surface area contributed by atoms with Crippen LogP contribution in [0, 0.1) is 0 Å². The van der Waals surface area contributed by atoms with Gasteiger partial charge in [-0.2, -0.15) is 0 Å². The van der Waals surface area contributed by atoms with E-state index in [1.165, 1.54) is 36.9 Å². The van der Waals surface area contributed by atoms with Crippen LogP contribution in [0.5, 0.6) is 0 Å². The highest BCUT2D eigenvalue weighted by atomic mass is 16.2. The van der Waals surface area contributed by atoms with E-state index in [1.807, 2.05) is 0 Å². The standard InChI is InChI=1S/C25H31N3O/c29-24(28-17-15-27(16-18-28)22-8-2-1-3-9-22)19-26-14-6-12-25(20-26)13-11-21-7-4-5-10-23(21)25/h1-5,7-10H,6,11-20H2. The monoisotopic (exact) mass is 389 g/mol. The fourth-order valence-corrected chi connectivity index (χ4v) is 5.69. The second-order valence-electron chi connectivity index (χ2n) is 8.96. The normalized spacial score (nSPS) is 24.7. The lowest BCUT2D eigenvalue weighted by Crippen LogP contribution is -2.53. The van der Waals surface area contributed by atoms with Gasteiger partial charge in [0.15, 0.2) is 0 Å². The maximum absolute atomic E-state index is 13.0. The third-order valence-electron chi connectivity index (χ3n) is 7.23. The molecule has 4 heteroatoms. The van der Waals surface area contributed by atoms with Crippen LogP contribution in [0.1, 0.15) is 30.4 Å². The number of para-hydroxylation sites is 1. The van der Waals surface area contributed by atoms with E-state index < -0.39 is 0 Å². The molecule has 0 bridgehead atoms. The Morgan fingerprint density at radius 2 is 1.62 bits per heavy atom. The second-order valence-corrected chi connectivity index (χ2v) is 8.96. The molecule has 2 saturated heterocycles. The summed E-state index contributed by atoms with van der Waals surface area (Å²) in [4.78, 5) is 19.9. The second kappa shape index (κ2) is 7.83. The smallest absolute Gasteiger partial charge is 0.236 e. The van der Waals surface area contributed by atoms with Crippen LogP contribution in [-0.4, -0.2) is 61.5 Å². The van der Waals surface area contributed by atoms with Gasteiger partial charge in [-0.3, -0.25) is 9.69 Å². The lowest BCUT2D eigenvalue weighted by Gasteiger charge is -2.42. The summed E-state index contributed by atoms with van der Waals surface area (Å²) in [6, 6.07) is 19.5. The van der Waals surface area contributed by atoms with Gasteiger partial charge in [0, 0.05) is 43.8 Å². The minimum atomic E-state index is 0.279. The molecule has 29 heavy (non-hydrogen) atoms. The molecule has 1 amide bonds. The summed E-state index contributed by atoms with van der Waals surface area (Å²) >= 11 is 0. The summed E-state index contributed by atoms with van der Waals surface area (Å²) in [6.45, 7) is 6.18. The topological polar surface area (TPSA) is 26.8 Å². The minimum absolute atomic E-state index is 0.279. The highest BCUT2D eigenvalue weighted by Crippen LogP contribution is 2.44. The fourth-order valence-electron chi connectivity index (χ4n) is 5.69. The van der Waals surface area contributed by atoms with Crippen molar-refractivity contribution in [1.82, 2.24) is 9.80 Å². The maximum atomic E-state index is 13.0. The van der Waals surface area contributed by atoms with E-state index in [-0.39, 0.29) is 5.41 Å². The molecule has 1 aliphatic carbocycles. The Labute approximate surface area is 174 Å². The van der Waals surface area contributed by atoms with E-state index in [2.05, 4.69) is 69.3 Å². The third-order valence-corrected chi connectivity index (χ3v) is 7.23. The summed E-state index contributed by atoms with van der Waals surface area (Å²) < 4.78 is 0. The van der Waals surface area contributed by atoms with Gasteiger partial charge in [-0.1, -0.05) is 42.5 Å². The zero-order chi connectivity index (χ0) is 19.7. The zero-order valence-corrected chi connectivity index (χ0v) is 17.2. The molecule has 0 radical (unpaired) electrons. The molecule has 2 aliphatic heterocycles. The number of benzene rings is 2. The molecule has 0 aromatic heterocycles. The number of anilines is 1.